The van der Waals surface area contributed by atoms with E-state index in [0.717, 1.165) is 10.5 Å². The van der Waals surface area contributed by atoms with Gasteiger partial charge in [-0.05, 0) is 62.1 Å². The summed E-state index contributed by atoms with van der Waals surface area (Å²) in [5, 5.41) is 11.3. The highest BCUT2D eigenvalue weighted by Crippen LogP contribution is 2.28. The molecule has 0 heterocycles. The number of anilines is 1. The van der Waals surface area contributed by atoms with E-state index in [2.05, 4.69) is 25.2 Å². The minimum Gasteiger partial charge on any atom is -0.489 e. The summed E-state index contributed by atoms with van der Waals surface area (Å²) >= 11 is 0. The number of carboxylic acid groups (broad SMARTS) is 1. The van der Waals surface area contributed by atoms with E-state index in [1.54, 1.807) is 25.2 Å². The number of carbonyl (C=O) groups is 2. The summed E-state index contributed by atoms with van der Waals surface area (Å²) in [6.45, 7) is 10.0. The van der Waals surface area contributed by atoms with Crippen molar-refractivity contribution < 1.29 is 24.2 Å². The first kappa shape index (κ1) is 24.8. The minimum atomic E-state index is -1.00. The van der Waals surface area contributed by atoms with Crippen LogP contribution in [0, 0.1) is 6.92 Å². The van der Waals surface area contributed by atoms with Crippen LogP contribution in [-0.2, 0) is 0 Å². The molecule has 0 aromatic heterocycles. The van der Waals surface area contributed by atoms with Crippen LogP contribution in [0.1, 0.15) is 44.7 Å². The molecule has 0 spiro atoms. The summed E-state index contributed by atoms with van der Waals surface area (Å²) in [6, 6.07) is 12.9. The summed E-state index contributed by atoms with van der Waals surface area (Å²) in [7, 11) is 3.03. The summed E-state index contributed by atoms with van der Waals surface area (Å²) in [6.07, 6.45) is -1.42. The lowest BCUT2D eigenvalue weighted by Crippen LogP contribution is -2.24. The van der Waals surface area contributed by atoms with Crippen molar-refractivity contribution in [2.45, 2.75) is 46.6 Å². The molecule has 2 aromatic carbocycles. The van der Waals surface area contributed by atoms with Gasteiger partial charge in [0.2, 0.25) is 0 Å². The van der Waals surface area contributed by atoms with E-state index in [-0.39, 0.29) is 6.10 Å². The Labute approximate surface area is 178 Å². The highest BCUT2D eigenvalue weighted by molar-refractivity contribution is 5.87. The smallest absolute Gasteiger partial charge is 0.412 e. The zero-order valence-corrected chi connectivity index (χ0v) is 18.7. The Morgan fingerprint density at radius 1 is 1.07 bits per heavy atom. The third-order valence-corrected chi connectivity index (χ3v) is 4.03. The first-order valence-corrected chi connectivity index (χ1v) is 9.78. The van der Waals surface area contributed by atoms with Crippen molar-refractivity contribution in [1.82, 2.24) is 5.32 Å². The largest absolute Gasteiger partial charge is 0.489 e. The van der Waals surface area contributed by atoms with Gasteiger partial charge < -0.3 is 19.9 Å². The summed E-state index contributed by atoms with van der Waals surface area (Å²) in [4.78, 5) is 23.0. The van der Waals surface area contributed by atoms with Gasteiger partial charge in [0.15, 0.2) is 0 Å². The van der Waals surface area contributed by atoms with Crippen LogP contribution in [0.4, 0.5) is 15.3 Å². The molecular formula is C23H32N2O5. The first-order valence-electron chi connectivity index (χ1n) is 9.78. The molecular weight excluding hydrogens is 384 g/mol. The fraction of sp³-hybridized carbons (Fsp3) is 0.391. The Bertz CT molecular complexity index is 849. The molecule has 0 atom stereocenters. The van der Waals surface area contributed by atoms with Gasteiger partial charge in [0, 0.05) is 14.1 Å². The van der Waals surface area contributed by atoms with E-state index in [1.807, 2.05) is 39.0 Å². The molecule has 164 valence electrons. The SMILES string of the molecule is CC(C)Oc1ccccc1N(C)C(=O)O.CNC(=O)Oc1cc(C)cc(C(C)C)c1. The van der Waals surface area contributed by atoms with Gasteiger partial charge in [-0.1, -0.05) is 32.0 Å². The molecule has 0 saturated heterocycles. The second-order valence-electron chi connectivity index (χ2n) is 7.35. The summed E-state index contributed by atoms with van der Waals surface area (Å²) in [5.41, 5.74) is 2.83. The van der Waals surface area contributed by atoms with E-state index >= 15 is 0 Å². The maximum Gasteiger partial charge on any atom is 0.412 e. The lowest BCUT2D eigenvalue weighted by Gasteiger charge is -2.19. The van der Waals surface area contributed by atoms with Crippen LogP contribution in [0.15, 0.2) is 42.5 Å². The van der Waals surface area contributed by atoms with Crippen molar-refractivity contribution in [1.29, 1.82) is 0 Å². The maximum absolute atomic E-state index is 11.0. The third kappa shape index (κ3) is 8.03. The molecule has 2 amide bonds. The average Bonchev–Trinajstić information content (AvgIpc) is 2.67. The van der Waals surface area contributed by atoms with Crippen molar-refractivity contribution in [2.24, 2.45) is 0 Å². The number of hydrogen-bond acceptors (Lipinski definition) is 4. The predicted molar refractivity (Wildman–Crippen MR) is 119 cm³/mol. The number of ether oxygens (including phenoxy) is 2. The first-order chi connectivity index (χ1) is 14.0. The minimum absolute atomic E-state index is 0.0216. The molecule has 2 N–H and O–H groups in total. The number of carbonyl (C=O) groups excluding carboxylic acids is 1. The third-order valence-electron chi connectivity index (χ3n) is 4.03. The quantitative estimate of drug-likeness (QED) is 0.679. The predicted octanol–water partition coefficient (Wildman–Crippen LogP) is 5.42. The topological polar surface area (TPSA) is 88.1 Å². The molecule has 7 heteroatoms. The Morgan fingerprint density at radius 3 is 2.23 bits per heavy atom. The van der Waals surface area contributed by atoms with Crippen LogP contribution in [-0.4, -0.2) is 37.5 Å². The van der Waals surface area contributed by atoms with Gasteiger partial charge in [0.05, 0.1) is 11.8 Å². The number of nitrogens with one attached hydrogen (secondary N) is 1. The molecule has 0 aliphatic carbocycles. The number of hydrogen-bond donors (Lipinski definition) is 2. The molecule has 0 fully saturated rings. The number of para-hydroxylation sites is 2. The van der Waals surface area contributed by atoms with Crippen molar-refractivity contribution in [2.75, 3.05) is 19.0 Å². The molecule has 2 aromatic rings. The van der Waals surface area contributed by atoms with Crippen LogP contribution in [0.2, 0.25) is 0 Å². The molecule has 2 rings (SSSR count). The van der Waals surface area contributed by atoms with Crippen molar-refractivity contribution in [3.8, 4) is 11.5 Å². The zero-order valence-electron chi connectivity index (χ0n) is 18.7. The highest BCUT2D eigenvalue weighted by atomic mass is 16.6. The highest BCUT2D eigenvalue weighted by Gasteiger charge is 2.14. The Morgan fingerprint density at radius 2 is 1.70 bits per heavy atom. The van der Waals surface area contributed by atoms with E-state index in [4.69, 9.17) is 14.6 Å². The van der Waals surface area contributed by atoms with E-state index in [1.165, 1.54) is 12.6 Å². The second-order valence-corrected chi connectivity index (χ2v) is 7.35. The van der Waals surface area contributed by atoms with Gasteiger partial charge in [-0.25, -0.2) is 9.59 Å². The van der Waals surface area contributed by atoms with Crippen LogP contribution in [0.5, 0.6) is 11.5 Å². The van der Waals surface area contributed by atoms with Crippen LogP contribution in [0.25, 0.3) is 0 Å². The number of aryl methyl sites for hydroxylation is 1. The number of benzene rings is 2. The van der Waals surface area contributed by atoms with Gasteiger partial charge in [0.25, 0.3) is 0 Å². The molecule has 30 heavy (non-hydrogen) atoms. The zero-order chi connectivity index (χ0) is 22.8. The molecule has 0 saturated carbocycles. The Hall–Kier alpha value is -3.22. The molecule has 0 unspecified atom stereocenters. The molecule has 0 radical (unpaired) electrons. The van der Waals surface area contributed by atoms with Crippen molar-refractivity contribution in [3.63, 3.8) is 0 Å². The normalized spacial score (nSPS) is 10.2. The van der Waals surface area contributed by atoms with Crippen molar-refractivity contribution in [3.05, 3.63) is 53.6 Å². The fourth-order valence-corrected chi connectivity index (χ4v) is 2.52. The lowest BCUT2D eigenvalue weighted by molar-refractivity contribution is 0.201. The Kier molecular flexibility index (Phi) is 9.68. The second kappa shape index (κ2) is 11.7. The molecule has 0 aliphatic heterocycles. The maximum atomic E-state index is 11.0. The van der Waals surface area contributed by atoms with Gasteiger partial charge in [-0.15, -0.1) is 0 Å². The van der Waals surface area contributed by atoms with E-state index < -0.39 is 12.2 Å². The number of amides is 2. The summed E-state index contributed by atoms with van der Waals surface area (Å²) in [5.74, 6) is 1.60. The Balaban J connectivity index is 0.000000300. The number of nitrogens with zero attached hydrogens (tertiary/aromatic N) is 1. The van der Waals surface area contributed by atoms with Crippen LogP contribution >= 0.6 is 0 Å². The van der Waals surface area contributed by atoms with Gasteiger partial charge in [0.1, 0.15) is 11.5 Å². The fourth-order valence-electron chi connectivity index (χ4n) is 2.52. The summed E-state index contributed by atoms with van der Waals surface area (Å²) < 4.78 is 10.6. The monoisotopic (exact) mass is 416 g/mol. The average molecular weight is 417 g/mol. The van der Waals surface area contributed by atoms with Crippen molar-refractivity contribution >= 4 is 17.9 Å². The van der Waals surface area contributed by atoms with Gasteiger partial charge >= 0.3 is 12.2 Å². The lowest BCUT2D eigenvalue weighted by atomic mass is 10.0. The number of rotatable bonds is 5. The molecule has 7 nitrogen and oxygen atoms in total. The van der Waals surface area contributed by atoms with E-state index in [9.17, 15) is 9.59 Å². The van der Waals surface area contributed by atoms with Gasteiger partial charge in [-0.3, -0.25) is 4.90 Å². The molecule has 0 aliphatic rings. The van der Waals surface area contributed by atoms with Crippen LogP contribution in [0.3, 0.4) is 0 Å². The molecule has 0 bridgehead atoms. The standard InChI is InChI=1S/C12H17NO2.C11H15NO3/c1-8(2)10-5-9(3)6-11(7-10)15-12(14)13-4;1-8(2)15-10-7-5-4-6-9(10)12(3)11(13)14/h5-8H,1-4H3,(H,13,14);4-8H,1-3H3,(H,13,14). The van der Waals surface area contributed by atoms with Gasteiger partial charge in [-0.2, -0.15) is 0 Å². The van der Waals surface area contributed by atoms with E-state index in [0.29, 0.717) is 23.1 Å². The van der Waals surface area contributed by atoms with Crippen LogP contribution < -0.4 is 19.7 Å².